The molecule has 0 bridgehead atoms. The van der Waals surface area contributed by atoms with Crippen molar-refractivity contribution >= 4 is 12.0 Å². The first-order valence-electron chi connectivity index (χ1n) is 9.10. The summed E-state index contributed by atoms with van der Waals surface area (Å²) in [7, 11) is 0. The summed E-state index contributed by atoms with van der Waals surface area (Å²) in [6.45, 7) is 7.14. The minimum atomic E-state index is -0.463. The molecule has 1 atom stereocenters. The summed E-state index contributed by atoms with van der Waals surface area (Å²) in [4.78, 5) is 28.0. The summed E-state index contributed by atoms with van der Waals surface area (Å²) >= 11 is 0. The number of carbonyl (C=O) groups is 2. The number of nitrogens with zero attached hydrogens (tertiary/aromatic N) is 3. The number of aromatic nitrogens is 3. The average Bonchev–Trinajstić information content (AvgIpc) is 3.13. The molecule has 0 aliphatic carbocycles. The second-order valence-electron chi connectivity index (χ2n) is 6.69. The van der Waals surface area contributed by atoms with Gasteiger partial charge in [0.05, 0.1) is 13.2 Å². The molecule has 146 valence electrons. The van der Waals surface area contributed by atoms with Gasteiger partial charge in [-0.1, -0.05) is 26.0 Å². The smallest absolute Gasteiger partial charge is 0.407 e. The Morgan fingerprint density at radius 1 is 1.22 bits per heavy atom. The molecule has 0 spiro atoms. The molecule has 0 fully saturated rings. The molecule has 2 amide bonds. The molecule has 2 aromatic rings. The van der Waals surface area contributed by atoms with Crippen LogP contribution in [0.1, 0.15) is 43.1 Å². The number of alkyl carbamates (subject to hydrolysis) is 1. The van der Waals surface area contributed by atoms with Crippen LogP contribution < -0.4 is 10.6 Å². The molecule has 1 unspecified atom stereocenters. The number of ether oxygens (including phenoxy) is 1. The lowest BCUT2D eigenvalue weighted by Gasteiger charge is -2.20. The maximum atomic E-state index is 12.4. The second kappa shape index (κ2) is 10.3. The van der Waals surface area contributed by atoms with E-state index in [1.807, 2.05) is 12.1 Å². The van der Waals surface area contributed by atoms with Gasteiger partial charge in [-0.25, -0.2) is 14.5 Å². The van der Waals surface area contributed by atoms with Crippen molar-refractivity contribution in [1.29, 1.82) is 0 Å². The minimum Gasteiger partial charge on any atom is -0.450 e. The predicted molar refractivity (Wildman–Crippen MR) is 101 cm³/mol. The van der Waals surface area contributed by atoms with Gasteiger partial charge in [-0.2, -0.15) is 5.10 Å². The molecule has 0 saturated carbocycles. The molecule has 1 aromatic carbocycles. The van der Waals surface area contributed by atoms with E-state index in [9.17, 15) is 9.59 Å². The van der Waals surface area contributed by atoms with Gasteiger partial charge in [-0.05, 0) is 37.0 Å². The quantitative estimate of drug-likeness (QED) is 0.702. The van der Waals surface area contributed by atoms with Gasteiger partial charge in [0, 0.05) is 18.2 Å². The van der Waals surface area contributed by atoms with E-state index in [2.05, 4.69) is 34.6 Å². The number of rotatable bonds is 9. The molecule has 0 saturated heterocycles. The topological polar surface area (TPSA) is 98.1 Å². The van der Waals surface area contributed by atoms with Crippen molar-refractivity contribution in [3.8, 4) is 0 Å². The lowest BCUT2D eigenvalue weighted by Crippen LogP contribution is -2.44. The Hall–Kier alpha value is -2.90. The van der Waals surface area contributed by atoms with E-state index < -0.39 is 6.09 Å². The van der Waals surface area contributed by atoms with Crippen LogP contribution in [0.15, 0.2) is 36.9 Å². The number of carbonyl (C=O) groups excluding carboxylic acids is 2. The number of hydrogen-bond acceptors (Lipinski definition) is 5. The Morgan fingerprint density at radius 2 is 1.96 bits per heavy atom. The molecular formula is C19H27N5O3. The molecule has 1 heterocycles. The van der Waals surface area contributed by atoms with Gasteiger partial charge in [0.2, 0.25) is 0 Å². The molecule has 8 heteroatoms. The van der Waals surface area contributed by atoms with Gasteiger partial charge in [0.1, 0.15) is 12.7 Å². The summed E-state index contributed by atoms with van der Waals surface area (Å²) in [5.74, 6) is 0.201. The first-order valence-corrected chi connectivity index (χ1v) is 9.10. The normalized spacial score (nSPS) is 11.9. The highest BCUT2D eigenvalue weighted by Gasteiger charge is 2.16. The Labute approximate surface area is 159 Å². The third-order valence-electron chi connectivity index (χ3n) is 3.89. The van der Waals surface area contributed by atoms with Gasteiger partial charge in [-0.3, -0.25) is 4.79 Å². The molecule has 2 rings (SSSR count). The van der Waals surface area contributed by atoms with Gasteiger partial charge < -0.3 is 15.4 Å². The van der Waals surface area contributed by atoms with E-state index in [1.54, 1.807) is 30.1 Å². The van der Waals surface area contributed by atoms with Gasteiger partial charge in [0.15, 0.2) is 0 Å². The Bertz CT molecular complexity index is 713. The fourth-order valence-corrected chi connectivity index (χ4v) is 2.68. The van der Waals surface area contributed by atoms with Crippen molar-refractivity contribution in [2.75, 3.05) is 13.2 Å². The first-order chi connectivity index (χ1) is 13.0. The van der Waals surface area contributed by atoms with E-state index in [1.165, 1.54) is 6.33 Å². The van der Waals surface area contributed by atoms with E-state index in [-0.39, 0.29) is 11.9 Å². The maximum absolute atomic E-state index is 12.4. The zero-order valence-electron chi connectivity index (χ0n) is 16.0. The monoisotopic (exact) mass is 373 g/mol. The third kappa shape index (κ3) is 7.08. The van der Waals surface area contributed by atoms with Crippen molar-refractivity contribution in [2.24, 2.45) is 5.92 Å². The van der Waals surface area contributed by atoms with E-state index in [0.29, 0.717) is 31.2 Å². The summed E-state index contributed by atoms with van der Waals surface area (Å²) in [5, 5.41) is 9.74. The summed E-state index contributed by atoms with van der Waals surface area (Å²) < 4.78 is 6.64. The lowest BCUT2D eigenvalue weighted by atomic mass is 10.0. The van der Waals surface area contributed by atoms with Crippen LogP contribution in [0.25, 0.3) is 0 Å². The molecule has 1 aromatic heterocycles. The average molecular weight is 373 g/mol. The summed E-state index contributed by atoms with van der Waals surface area (Å²) in [6.07, 6.45) is 3.41. The van der Waals surface area contributed by atoms with Crippen LogP contribution in [0, 0.1) is 5.92 Å². The summed E-state index contributed by atoms with van der Waals surface area (Å²) in [6, 6.07) is 7.15. The van der Waals surface area contributed by atoms with E-state index >= 15 is 0 Å². The predicted octanol–water partition coefficient (Wildman–Crippen LogP) is 2.22. The Kier molecular flexibility index (Phi) is 7.79. The van der Waals surface area contributed by atoms with Crippen molar-refractivity contribution in [2.45, 2.75) is 39.8 Å². The number of benzene rings is 1. The second-order valence-corrected chi connectivity index (χ2v) is 6.69. The Balaban J connectivity index is 1.88. The van der Waals surface area contributed by atoms with E-state index in [4.69, 9.17) is 4.74 Å². The molecule has 0 aliphatic heterocycles. The molecule has 0 aliphatic rings. The lowest BCUT2D eigenvalue weighted by molar-refractivity contribution is 0.0944. The van der Waals surface area contributed by atoms with Crippen molar-refractivity contribution in [3.05, 3.63) is 48.0 Å². The standard InChI is InChI=1S/C19H27N5O3/c1-4-27-19(26)23-17(9-14(2)3)10-21-18(25)16-7-5-15(6-8-16)11-24-13-20-12-22-24/h5-8,12-14,17H,4,9-11H2,1-3H3,(H,21,25)(H,23,26). The highest BCUT2D eigenvalue weighted by molar-refractivity contribution is 5.94. The minimum absolute atomic E-state index is 0.179. The fraction of sp³-hybridized carbons (Fsp3) is 0.474. The van der Waals surface area contributed by atoms with Gasteiger partial charge in [-0.15, -0.1) is 0 Å². The van der Waals surface area contributed by atoms with Crippen molar-refractivity contribution < 1.29 is 14.3 Å². The van der Waals surface area contributed by atoms with E-state index in [0.717, 1.165) is 12.0 Å². The van der Waals surface area contributed by atoms with Crippen molar-refractivity contribution in [3.63, 3.8) is 0 Å². The summed E-state index contributed by atoms with van der Waals surface area (Å²) in [5.41, 5.74) is 1.59. The largest absolute Gasteiger partial charge is 0.450 e. The molecule has 8 nitrogen and oxygen atoms in total. The molecule has 2 N–H and O–H groups in total. The molecule has 0 radical (unpaired) electrons. The highest BCUT2D eigenvalue weighted by atomic mass is 16.5. The van der Waals surface area contributed by atoms with Gasteiger partial charge in [0.25, 0.3) is 5.91 Å². The van der Waals surface area contributed by atoms with Crippen LogP contribution in [0.4, 0.5) is 4.79 Å². The van der Waals surface area contributed by atoms with Crippen LogP contribution >= 0.6 is 0 Å². The Morgan fingerprint density at radius 3 is 2.56 bits per heavy atom. The number of amides is 2. The third-order valence-corrected chi connectivity index (χ3v) is 3.89. The number of hydrogen-bond donors (Lipinski definition) is 2. The van der Waals surface area contributed by atoms with Crippen molar-refractivity contribution in [1.82, 2.24) is 25.4 Å². The maximum Gasteiger partial charge on any atom is 0.407 e. The number of nitrogens with one attached hydrogen (secondary N) is 2. The first kappa shape index (κ1) is 20.4. The van der Waals surface area contributed by atoms with Crippen LogP contribution in [0.3, 0.4) is 0 Å². The zero-order valence-corrected chi connectivity index (χ0v) is 16.0. The molecular weight excluding hydrogens is 346 g/mol. The SMILES string of the molecule is CCOC(=O)NC(CNC(=O)c1ccc(Cn2cncn2)cc1)CC(C)C. The zero-order chi connectivity index (χ0) is 19.6. The molecule has 27 heavy (non-hydrogen) atoms. The van der Waals surface area contributed by atoms with Crippen LogP contribution in [0.5, 0.6) is 0 Å². The van der Waals surface area contributed by atoms with Crippen LogP contribution in [-0.2, 0) is 11.3 Å². The highest BCUT2D eigenvalue weighted by Crippen LogP contribution is 2.07. The fourth-order valence-electron chi connectivity index (χ4n) is 2.68. The van der Waals surface area contributed by atoms with Gasteiger partial charge >= 0.3 is 6.09 Å². The van der Waals surface area contributed by atoms with Crippen LogP contribution in [0.2, 0.25) is 0 Å². The van der Waals surface area contributed by atoms with Crippen LogP contribution in [-0.4, -0.2) is 46.0 Å².